The maximum atomic E-state index is 2.54. The number of hydrogen-bond donors (Lipinski definition) is 0. The van der Waals surface area contributed by atoms with Gasteiger partial charge in [0, 0.05) is 0 Å². The molecule has 27 heavy (non-hydrogen) atoms. The molecule has 0 nitrogen and oxygen atoms in total. The minimum absolute atomic E-state index is 0.928. The van der Waals surface area contributed by atoms with Crippen molar-refractivity contribution in [1.29, 1.82) is 0 Å². The topological polar surface area (TPSA) is 0 Å². The third-order valence-electron chi connectivity index (χ3n) is 6.33. The minimum atomic E-state index is 0.928. The highest BCUT2D eigenvalue weighted by Crippen LogP contribution is 2.34. The average Bonchev–Trinajstić information content (AvgIpc) is 2.72. The van der Waals surface area contributed by atoms with Crippen molar-refractivity contribution in [2.45, 2.75) is 90.9 Å². The van der Waals surface area contributed by atoms with E-state index in [2.05, 4.69) is 56.3 Å². The number of allylic oxidation sites excluding steroid dienone is 2. The Hall–Kier alpha value is -1.56. The van der Waals surface area contributed by atoms with Crippen LogP contribution in [0.1, 0.15) is 95.6 Å². The summed E-state index contributed by atoms with van der Waals surface area (Å²) < 4.78 is 0. The zero-order valence-corrected chi connectivity index (χ0v) is 17.6. The van der Waals surface area contributed by atoms with Crippen molar-refractivity contribution in [3.05, 3.63) is 53.6 Å². The first-order valence-electron chi connectivity index (χ1n) is 11.5. The predicted molar refractivity (Wildman–Crippen MR) is 121 cm³/mol. The first kappa shape index (κ1) is 20.2. The Labute approximate surface area is 167 Å². The van der Waals surface area contributed by atoms with Crippen LogP contribution in [0.15, 0.2) is 42.5 Å². The number of aryl methyl sites for hydroxylation is 1. The van der Waals surface area contributed by atoms with E-state index in [-0.39, 0.29) is 0 Å². The summed E-state index contributed by atoms with van der Waals surface area (Å²) in [4.78, 5) is 0. The highest BCUT2D eigenvalue weighted by molar-refractivity contribution is 5.87. The monoisotopic (exact) mass is 362 g/mol. The van der Waals surface area contributed by atoms with Crippen LogP contribution >= 0.6 is 0 Å². The second kappa shape index (κ2) is 10.7. The number of fused-ring (bicyclic) bond motifs is 1. The van der Waals surface area contributed by atoms with E-state index < -0.39 is 0 Å². The molecular weight excluding hydrogens is 324 g/mol. The molecule has 3 rings (SSSR count). The van der Waals surface area contributed by atoms with Gasteiger partial charge in [0.15, 0.2) is 0 Å². The Morgan fingerprint density at radius 2 is 1.59 bits per heavy atom. The van der Waals surface area contributed by atoms with Gasteiger partial charge in [-0.05, 0) is 71.6 Å². The summed E-state index contributed by atoms with van der Waals surface area (Å²) in [6.07, 6.45) is 18.7. The van der Waals surface area contributed by atoms with Crippen molar-refractivity contribution in [3.63, 3.8) is 0 Å². The smallest absolute Gasteiger partial charge is 0.0178 e. The standard InChI is InChI=1S/C27H38/c1-3-5-7-8-9-11-22-12-15-24(16-13-22)26-19-18-25-20-23(10-6-4-2)14-17-27(25)21-26/h14-15,17-22H,3-13,16H2,1-2H3. The van der Waals surface area contributed by atoms with E-state index in [0.29, 0.717) is 0 Å². The van der Waals surface area contributed by atoms with Gasteiger partial charge >= 0.3 is 0 Å². The molecule has 0 fully saturated rings. The highest BCUT2D eigenvalue weighted by Gasteiger charge is 2.15. The van der Waals surface area contributed by atoms with Gasteiger partial charge in [-0.15, -0.1) is 0 Å². The summed E-state index contributed by atoms with van der Waals surface area (Å²) in [6, 6.07) is 14.1. The van der Waals surface area contributed by atoms with E-state index in [1.54, 1.807) is 5.57 Å². The Morgan fingerprint density at radius 1 is 0.815 bits per heavy atom. The second-order valence-electron chi connectivity index (χ2n) is 8.57. The molecule has 0 spiro atoms. The molecule has 0 saturated carbocycles. The maximum Gasteiger partial charge on any atom is -0.0178 e. The largest absolute Gasteiger partial charge is 0.0804 e. The lowest BCUT2D eigenvalue weighted by Gasteiger charge is -2.22. The molecule has 0 aromatic heterocycles. The lowest BCUT2D eigenvalue weighted by Crippen LogP contribution is -2.05. The summed E-state index contributed by atoms with van der Waals surface area (Å²) in [5.74, 6) is 0.928. The van der Waals surface area contributed by atoms with Crippen LogP contribution in [0.2, 0.25) is 0 Å². The molecule has 1 aliphatic rings. The molecule has 2 aromatic rings. The fourth-order valence-electron chi connectivity index (χ4n) is 4.48. The normalized spacial score (nSPS) is 17.3. The lowest BCUT2D eigenvalue weighted by atomic mass is 9.83. The van der Waals surface area contributed by atoms with Crippen LogP contribution in [0.25, 0.3) is 16.3 Å². The molecule has 0 saturated heterocycles. The zero-order valence-electron chi connectivity index (χ0n) is 17.6. The number of rotatable bonds is 10. The summed E-state index contributed by atoms with van der Waals surface area (Å²) in [5.41, 5.74) is 4.51. The summed E-state index contributed by atoms with van der Waals surface area (Å²) in [6.45, 7) is 4.56. The molecule has 0 heteroatoms. The van der Waals surface area contributed by atoms with Crippen molar-refractivity contribution in [3.8, 4) is 0 Å². The van der Waals surface area contributed by atoms with E-state index in [1.807, 2.05) is 0 Å². The molecule has 1 unspecified atom stereocenters. The van der Waals surface area contributed by atoms with E-state index in [9.17, 15) is 0 Å². The highest BCUT2D eigenvalue weighted by atomic mass is 14.2. The van der Waals surface area contributed by atoms with Gasteiger partial charge in [-0.2, -0.15) is 0 Å². The van der Waals surface area contributed by atoms with Crippen molar-refractivity contribution >= 4 is 16.3 Å². The van der Waals surface area contributed by atoms with Crippen LogP contribution in [-0.2, 0) is 6.42 Å². The summed E-state index contributed by atoms with van der Waals surface area (Å²) in [5, 5.41) is 2.79. The molecule has 0 aliphatic heterocycles. The minimum Gasteiger partial charge on any atom is -0.0804 e. The molecule has 0 bridgehead atoms. The first-order valence-corrected chi connectivity index (χ1v) is 11.5. The third kappa shape index (κ3) is 5.96. The Kier molecular flexibility index (Phi) is 7.99. The zero-order chi connectivity index (χ0) is 18.9. The lowest BCUT2D eigenvalue weighted by molar-refractivity contribution is 0.424. The second-order valence-corrected chi connectivity index (χ2v) is 8.57. The van der Waals surface area contributed by atoms with Crippen molar-refractivity contribution in [2.75, 3.05) is 0 Å². The molecule has 0 amide bonds. The Bertz CT molecular complexity index is 737. The van der Waals surface area contributed by atoms with Gasteiger partial charge < -0.3 is 0 Å². The molecule has 2 aromatic carbocycles. The van der Waals surface area contributed by atoms with Crippen molar-refractivity contribution < 1.29 is 0 Å². The summed E-state index contributed by atoms with van der Waals surface area (Å²) >= 11 is 0. The van der Waals surface area contributed by atoms with Gasteiger partial charge in [-0.1, -0.05) is 95.2 Å². The summed E-state index contributed by atoms with van der Waals surface area (Å²) in [7, 11) is 0. The van der Waals surface area contributed by atoms with Crippen molar-refractivity contribution in [1.82, 2.24) is 0 Å². The fourth-order valence-corrected chi connectivity index (χ4v) is 4.48. The van der Waals surface area contributed by atoms with Crippen LogP contribution in [0.3, 0.4) is 0 Å². The van der Waals surface area contributed by atoms with Gasteiger partial charge in [-0.25, -0.2) is 0 Å². The molecular formula is C27H38. The molecule has 0 radical (unpaired) electrons. The van der Waals surface area contributed by atoms with Crippen LogP contribution in [0, 0.1) is 5.92 Å². The van der Waals surface area contributed by atoms with E-state index in [4.69, 9.17) is 0 Å². The third-order valence-corrected chi connectivity index (χ3v) is 6.33. The van der Waals surface area contributed by atoms with E-state index in [1.165, 1.54) is 98.9 Å². The van der Waals surface area contributed by atoms with Gasteiger partial charge in [0.25, 0.3) is 0 Å². The number of benzene rings is 2. The SMILES string of the molecule is CCCCCCCC1CC=C(c2ccc3cc(CCCC)ccc3c2)CC1. The van der Waals surface area contributed by atoms with Gasteiger partial charge in [-0.3, -0.25) is 0 Å². The molecule has 0 heterocycles. The molecule has 0 N–H and O–H groups in total. The number of unbranched alkanes of at least 4 members (excludes halogenated alkanes) is 5. The van der Waals surface area contributed by atoms with Crippen molar-refractivity contribution in [2.24, 2.45) is 5.92 Å². The molecule has 1 aliphatic carbocycles. The quantitative estimate of drug-likeness (QED) is 0.371. The van der Waals surface area contributed by atoms with Gasteiger partial charge in [0.1, 0.15) is 0 Å². The van der Waals surface area contributed by atoms with Crippen LogP contribution in [0.5, 0.6) is 0 Å². The van der Waals surface area contributed by atoms with E-state index in [0.717, 1.165) is 5.92 Å². The Balaban J connectivity index is 1.57. The molecule has 1 atom stereocenters. The first-order chi connectivity index (χ1) is 13.3. The predicted octanol–water partition coefficient (Wildman–Crippen LogP) is 8.73. The van der Waals surface area contributed by atoms with Crippen LogP contribution in [0.4, 0.5) is 0 Å². The van der Waals surface area contributed by atoms with Gasteiger partial charge in [0.2, 0.25) is 0 Å². The number of hydrogen-bond acceptors (Lipinski definition) is 0. The van der Waals surface area contributed by atoms with Gasteiger partial charge in [0.05, 0.1) is 0 Å². The van der Waals surface area contributed by atoms with E-state index >= 15 is 0 Å². The molecule has 146 valence electrons. The van der Waals surface area contributed by atoms with Crippen LogP contribution in [-0.4, -0.2) is 0 Å². The Morgan fingerprint density at radius 3 is 2.37 bits per heavy atom. The maximum absolute atomic E-state index is 2.54. The van der Waals surface area contributed by atoms with Crippen LogP contribution < -0.4 is 0 Å². The fraction of sp³-hybridized carbons (Fsp3) is 0.556. The average molecular weight is 363 g/mol.